The van der Waals surface area contributed by atoms with Crippen LogP contribution in [-0.4, -0.2) is 24.1 Å². The van der Waals surface area contributed by atoms with Crippen molar-refractivity contribution in [2.45, 2.75) is 26.5 Å². The Hall–Kier alpha value is -2.63. The molecule has 24 heavy (non-hydrogen) atoms. The summed E-state index contributed by atoms with van der Waals surface area (Å²) in [4.78, 5) is 36.0. The average Bonchev–Trinajstić information content (AvgIpc) is 2.85. The number of ether oxygens (including phenoxy) is 2. The van der Waals surface area contributed by atoms with Crippen molar-refractivity contribution in [3.63, 3.8) is 0 Å². The van der Waals surface area contributed by atoms with Gasteiger partial charge in [0.15, 0.2) is 0 Å². The third-order valence-corrected chi connectivity index (χ3v) is 4.56. The predicted molar refractivity (Wildman–Crippen MR) is 84.6 cm³/mol. The number of carbonyl (C=O) groups is 3. The van der Waals surface area contributed by atoms with Gasteiger partial charge in [0, 0.05) is 0 Å². The maximum atomic E-state index is 12.1. The Balaban J connectivity index is 1.69. The fourth-order valence-corrected chi connectivity index (χ4v) is 3.41. The van der Waals surface area contributed by atoms with Gasteiger partial charge in [0.1, 0.15) is 6.61 Å². The molecule has 0 bridgehead atoms. The molecule has 1 aromatic rings. The molecular formula is C18H19NO5. The number of alkyl carbamates (subject to hydrolysis) is 1. The minimum atomic E-state index is -0.693. The summed E-state index contributed by atoms with van der Waals surface area (Å²) in [7, 11) is 0. The van der Waals surface area contributed by atoms with Crippen molar-refractivity contribution in [1.29, 1.82) is 0 Å². The number of nitrogens with one attached hydrogen (secondary N) is 1. The number of esters is 2. The topological polar surface area (TPSA) is 81.7 Å². The monoisotopic (exact) mass is 329 g/mol. The van der Waals surface area contributed by atoms with Crippen LogP contribution in [0, 0.1) is 17.8 Å². The molecule has 1 aliphatic heterocycles. The zero-order chi connectivity index (χ0) is 17.3. The number of cyclic esters (lactones) is 2. The Labute approximate surface area is 139 Å². The molecule has 1 N–H and O–H groups in total. The lowest BCUT2D eigenvalue weighted by atomic mass is 9.72. The smallest absolute Gasteiger partial charge is 0.407 e. The van der Waals surface area contributed by atoms with Crippen LogP contribution in [0.4, 0.5) is 4.79 Å². The van der Waals surface area contributed by atoms with E-state index in [4.69, 9.17) is 9.47 Å². The van der Waals surface area contributed by atoms with Gasteiger partial charge in [0.25, 0.3) is 0 Å². The molecule has 1 aliphatic carbocycles. The van der Waals surface area contributed by atoms with Gasteiger partial charge in [-0.25, -0.2) is 4.79 Å². The molecule has 0 saturated carbocycles. The summed E-state index contributed by atoms with van der Waals surface area (Å²) in [6.07, 6.45) is 1.26. The van der Waals surface area contributed by atoms with Crippen molar-refractivity contribution < 1.29 is 23.9 Å². The van der Waals surface area contributed by atoms with Gasteiger partial charge in [-0.3, -0.25) is 9.59 Å². The van der Waals surface area contributed by atoms with Gasteiger partial charge in [-0.05, 0) is 18.4 Å². The second kappa shape index (κ2) is 6.47. The maximum absolute atomic E-state index is 12.1. The quantitative estimate of drug-likeness (QED) is 0.522. The molecule has 1 amide bonds. The molecule has 0 spiro atoms. The highest BCUT2D eigenvalue weighted by Crippen LogP contribution is 2.39. The van der Waals surface area contributed by atoms with Crippen molar-refractivity contribution in [2.75, 3.05) is 0 Å². The lowest BCUT2D eigenvalue weighted by Gasteiger charge is -2.32. The number of carbonyl (C=O) groups excluding carboxylic acids is 3. The van der Waals surface area contributed by atoms with E-state index in [1.807, 2.05) is 50.3 Å². The molecule has 1 heterocycles. The first kappa shape index (κ1) is 16.2. The molecule has 0 aromatic heterocycles. The molecule has 6 heteroatoms. The predicted octanol–water partition coefficient (Wildman–Crippen LogP) is 2.19. The summed E-state index contributed by atoms with van der Waals surface area (Å²) >= 11 is 0. The Bertz CT molecular complexity index is 697. The lowest BCUT2D eigenvalue weighted by Crippen LogP contribution is -2.48. The molecule has 0 unspecified atom stereocenters. The largest absolute Gasteiger partial charge is 0.445 e. The SMILES string of the molecule is CC1=C[C@H](C)[C@@H]2C(=O)OC(=O)[C@@H]2[C@@H]1NC(=O)OCc1ccccc1. The first-order valence-electron chi connectivity index (χ1n) is 7.88. The molecule has 1 fully saturated rings. The molecule has 4 atom stereocenters. The number of rotatable bonds is 3. The van der Waals surface area contributed by atoms with E-state index in [1.165, 1.54) is 0 Å². The molecule has 0 radical (unpaired) electrons. The summed E-state index contributed by atoms with van der Waals surface area (Å²) in [5.74, 6) is -2.46. The van der Waals surface area contributed by atoms with E-state index in [2.05, 4.69) is 5.32 Å². The van der Waals surface area contributed by atoms with Crippen LogP contribution in [0.5, 0.6) is 0 Å². The zero-order valence-corrected chi connectivity index (χ0v) is 13.5. The van der Waals surface area contributed by atoms with Gasteiger partial charge in [-0.2, -0.15) is 0 Å². The molecule has 6 nitrogen and oxygen atoms in total. The zero-order valence-electron chi connectivity index (χ0n) is 13.5. The van der Waals surface area contributed by atoms with E-state index >= 15 is 0 Å². The molecule has 1 aromatic carbocycles. The highest BCUT2D eigenvalue weighted by molar-refractivity contribution is 5.98. The molecule has 2 aliphatic rings. The van der Waals surface area contributed by atoms with E-state index in [1.54, 1.807) is 0 Å². The summed E-state index contributed by atoms with van der Waals surface area (Å²) in [5, 5.41) is 2.70. The minimum Gasteiger partial charge on any atom is -0.445 e. The Morgan fingerprint density at radius 1 is 1.17 bits per heavy atom. The van der Waals surface area contributed by atoms with Gasteiger partial charge >= 0.3 is 18.0 Å². The fraction of sp³-hybridized carbons (Fsp3) is 0.389. The van der Waals surface area contributed by atoms with Gasteiger partial charge < -0.3 is 14.8 Å². The minimum absolute atomic E-state index is 0.104. The van der Waals surface area contributed by atoms with E-state index in [0.717, 1.165) is 11.1 Å². The summed E-state index contributed by atoms with van der Waals surface area (Å²) in [6, 6.07) is 8.71. The standard InChI is InChI=1S/C18H19NO5/c1-10-8-11(2)15(14-13(10)16(20)24-17(14)21)19-18(22)23-9-12-6-4-3-5-7-12/h3-8,10,13-15H,9H2,1-2H3,(H,19,22)/t10-,13-,14-,15+/m0/s1. The van der Waals surface area contributed by atoms with Gasteiger partial charge in [-0.15, -0.1) is 0 Å². The number of benzene rings is 1. The van der Waals surface area contributed by atoms with E-state index < -0.39 is 35.9 Å². The Kier molecular flexibility index (Phi) is 4.38. The van der Waals surface area contributed by atoms with Gasteiger partial charge in [0.2, 0.25) is 0 Å². The molecule has 1 saturated heterocycles. The second-order valence-electron chi connectivity index (χ2n) is 6.25. The Morgan fingerprint density at radius 2 is 1.83 bits per heavy atom. The molecule has 3 rings (SSSR count). The summed E-state index contributed by atoms with van der Waals surface area (Å²) in [6.45, 7) is 3.83. The third kappa shape index (κ3) is 3.04. The molecular weight excluding hydrogens is 310 g/mol. The van der Waals surface area contributed by atoms with Crippen LogP contribution < -0.4 is 5.32 Å². The summed E-state index contributed by atoms with van der Waals surface area (Å²) in [5.41, 5.74) is 1.69. The molecule has 126 valence electrons. The van der Waals surface area contributed by atoms with Crippen LogP contribution in [-0.2, 0) is 25.7 Å². The normalized spacial score (nSPS) is 28.7. The number of allylic oxidation sites excluding steroid dienone is 1. The van der Waals surface area contributed by atoms with Crippen LogP contribution in [0.3, 0.4) is 0 Å². The number of fused-ring (bicyclic) bond motifs is 1. The maximum Gasteiger partial charge on any atom is 0.407 e. The first-order valence-corrected chi connectivity index (χ1v) is 7.88. The second-order valence-corrected chi connectivity index (χ2v) is 6.25. The number of amides is 1. The lowest BCUT2D eigenvalue weighted by molar-refractivity contribution is -0.154. The van der Waals surface area contributed by atoms with Crippen LogP contribution in [0.25, 0.3) is 0 Å². The number of hydrogen-bond donors (Lipinski definition) is 1. The van der Waals surface area contributed by atoms with Crippen LogP contribution >= 0.6 is 0 Å². The highest BCUT2D eigenvalue weighted by Gasteiger charge is 2.53. The van der Waals surface area contributed by atoms with Gasteiger partial charge in [-0.1, -0.05) is 48.9 Å². The summed E-state index contributed by atoms with van der Waals surface area (Å²) < 4.78 is 9.97. The average molecular weight is 329 g/mol. The van der Waals surface area contributed by atoms with Crippen molar-refractivity contribution in [3.05, 3.63) is 47.5 Å². The van der Waals surface area contributed by atoms with E-state index in [-0.39, 0.29) is 12.5 Å². The highest BCUT2D eigenvalue weighted by atomic mass is 16.6. The number of hydrogen-bond acceptors (Lipinski definition) is 5. The van der Waals surface area contributed by atoms with Gasteiger partial charge in [0.05, 0.1) is 17.9 Å². The van der Waals surface area contributed by atoms with E-state index in [9.17, 15) is 14.4 Å². The van der Waals surface area contributed by atoms with E-state index in [0.29, 0.717) is 0 Å². The van der Waals surface area contributed by atoms with Crippen molar-refractivity contribution in [2.24, 2.45) is 17.8 Å². The van der Waals surface area contributed by atoms with Crippen LogP contribution in [0.15, 0.2) is 42.0 Å². The van der Waals surface area contributed by atoms with Crippen molar-refractivity contribution in [1.82, 2.24) is 5.32 Å². The van der Waals surface area contributed by atoms with Crippen LogP contribution in [0.1, 0.15) is 19.4 Å². The third-order valence-electron chi connectivity index (χ3n) is 4.56. The van der Waals surface area contributed by atoms with Crippen molar-refractivity contribution in [3.8, 4) is 0 Å². The Morgan fingerprint density at radius 3 is 2.54 bits per heavy atom. The van der Waals surface area contributed by atoms with Crippen molar-refractivity contribution >= 4 is 18.0 Å². The first-order chi connectivity index (χ1) is 11.5. The fourth-order valence-electron chi connectivity index (χ4n) is 3.41. The van der Waals surface area contributed by atoms with Crippen LogP contribution in [0.2, 0.25) is 0 Å².